The molecule has 0 bridgehead atoms. The van der Waals surface area contributed by atoms with Crippen LogP contribution in [0.15, 0.2) is 51.0 Å². The summed E-state index contributed by atoms with van der Waals surface area (Å²) < 4.78 is 23.5. The molecule has 0 spiro atoms. The van der Waals surface area contributed by atoms with Crippen LogP contribution in [0.3, 0.4) is 0 Å². The summed E-state index contributed by atoms with van der Waals surface area (Å²) in [6.07, 6.45) is 0. The number of nitrogens with zero attached hydrogens (tertiary/aromatic N) is 4. The quantitative estimate of drug-likeness (QED) is 0.243. The second-order valence-corrected chi connectivity index (χ2v) is 9.19. The van der Waals surface area contributed by atoms with Gasteiger partial charge < -0.3 is 24.3 Å². The first-order valence-electron chi connectivity index (χ1n) is 11.6. The molecule has 1 amide bonds. The van der Waals surface area contributed by atoms with Crippen molar-refractivity contribution in [2.24, 2.45) is 14.1 Å². The second kappa shape index (κ2) is 11.5. The van der Waals surface area contributed by atoms with E-state index in [9.17, 15) is 14.4 Å². The number of aryl methyl sites for hydroxylation is 1. The first-order valence-corrected chi connectivity index (χ1v) is 12.6. The molecule has 2 aromatic heterocycles. The van der Waals surface area contributed by atoms with E-state index < -0.39 is 11.2 Å². The number of amides is 1. The Bertz CT molecular complexity index is 1680. The number of ether oxygens (including phenoxy) is 4. The molecule has 2 aromatic carbocycles. The maximum absolute atomic E-state index is 13.1. The van der Waals surface area contributed by atoms with Crippen LogP contribution in [-0.2, 0) is 18.9 Å². The van der Waals surface area contributed by atoms with Gasteiger partial charge in [-0.25, -0.2) is 14.8 Å². The van der Waals surface area contributed by atoms with Crippen molar-refractivity contribution in [2.45, 2.75) is 5.03 Å². The van der Waals surface area contributed by atoms with Crippen molar-refractivity contribution in [1.82, 2.24) is 19.1 Å². The lowest BCUT2D eigenvalue weighted by molar-refractivity contribution is -0.113. The molecule has 0 unspecified atom stereocenters. The van der Waals surface area contributed by atoms with Crippen molar-refractivity contribution in [1.29, 1.82) is 0 Å². The molecular weight excluding hydrogens is 526 g/mol. The number of hydrogen-bond acceptors (Lipinski definition) is 10. The van der Waals surface area contributed by atoms with E-state index in [1.54, 1.807) is 36.4 Å². The highest BCUT2D eigenvalue weighted by atomic mass is 32.2. The van der Waals surface area contributed by atoms with Gasteiger partial charge in [-0.1, -0.05) is 11.8 Å². The third kappa shape index (κ3) is 5.39. The standard InChI is InChI=1S/C26H27N5O7S/c1-30-23-21(25(33)31(2)26(30)34)24(29-22(28-23)14-7-10-17(36-4)19(11-14)38-6)39-13-20(32)27-16-9-8-15(35-3)12-18(16)37-5/h7-12H,13H2,1-6H3,(H,27,32). The normalized spacial score (nSPS) is 10.8. The van der Waals surface area contributed by atoms with Crippen LogP contribution in [0.4, 0.5) is 5.69 Å². The van der Waals surface area contributed by atoms with E-state index in [1.165, 1.54) is 47.1 Å². The number of anilines is 1. The summed E-state index contributed by atoms with van der Waals surface area (Å²) in [7, 11) is 8.95. The Balaban J connectivity index is 1.75. The third-order valence-corrected chi connectivity index (χ3v) is 6.91. The minimum atomic E-state index is -0.563. The number of fused-ring (bicyclic) bond motifs is 1. The first-order chi connectivity index (χ1) is 18.7. The summed E-state index contributed by atoms with van der Waals surface area (Å²) in [5.74, 6) is 1.78. The SMILES string of the molecule is COc1ccc(NC(=O)CSc2nc(-c3ccc(OC)c(OC)c3)nc3c2c(=O)n(C)c(=O)n3C)c(OC)c1. The zero-order valence-electron chi connectivity index (χ0n) is 22.2. The molecule has 0 aliphatic carbocycles. The Morgan fingerprint density at radius 1 is 0.872 bits per heavy atom. The molecule has 0 atom stereocenters. The van der Waals surface area contributed by atoms with Gasteiger partial charge in [0.1, 0.15) is 21.9 Å². The fourth-order valence-electron chi connectivity index (χ4n) is 3.86. The third-order valence-electron chi connectivity index (χ3n) is 5.93. The van der Waals surface area contributed by atoms with Crippen LogP contribution < -0.4 is 35.5 Å². The number of nitrogens with one attached hydrogen (secondary N) is 1. The van der Waals surface area contributed by atoms with E-state index in [1.807, 2.05) is 0 Å². The van der Waals surface area contributed by atoms with Crippen molar-refractivity contribution in [3.05, 3.63) is 57.2 Å². The summed E-state index contributed by atoms with van der Waals surface area (Å²) >= 11 is 1.05. The predicted molar refractivity (Wildman–Crippen MR) is 147 cm³/mol. The minimum absolute atomic E-state index is 0.0847. The van der Waals surface area contributed by atoms with Crippen LogP contribution in [0, 0.1) is 0 Å². The molecule has 4 rings (SSSR count). The summed E-state index contributed by atoms with van der Waals surface area (Å²) in [6.45, 7) is 0. The van der Waals surface area contributed by atoms with Gasteiger partial charge in [-0.3, -0.25) is 18.7 Å². The van der Waals surface area contributed by atoms with E-state index >= 15 is 0 Å². The van der Waals surface area contributed by atoms with Gasteiger partial charge in [-0.15, -0.1) is 0 Å². The molecule has 2 heterocycles. The number of methoxy groups -OCH3 is 4. The molecule has 4 aromatic rings. The van der Waals surface area contributed by atoms with E-state index in [4.69, 9.17) is 18.9 Å². The lowest BCUT2D eigenvalue weighted by Crippen LogP contribution is -2.37. The average Bonchev–Trinajstić information content (AvgIpc) is 2.97. The van der Waals surface area contributed by atoms with Gasteiger partial charge >= 0.3 is 5.69 Å². The highest BCUT2D eigenvalue weighted by Crippen LogP contribution is 2.33. The summed E-state index contributed by atoms with van der Waals surface area (Å²) in [5, 5.41) is 3.18. The molecule has 13 heteroatoms. The fraction of sp³-hybridized carbons (Fsp3) is 0.269. The molecule has 1 N–H and O–H groups in total. The van der Waals surface area contributed by atoms with E-state index in [0.717, 1.165) is 16.3 Å². The molecule has 0 saturated heterocycles. The minimum Gasteiger partial charge on any atom is -0.497 e. The lowest BCUT2D eigenvalue weighted by atomic mass is 10.2. The van der Waals surface area contributed by atoms with Crippen LogP contribution >= 0.6 is 11.8 Å². The van der Waals surface area contributed by atoms with E-state index in [-0.39, 0.29) is 33.5 Å². The maximum atomic E-state index is 13.1. The summed E-state index contributed by atoms with van der Waals surface area (Å²) in [5.41, 5.74) is 0.0665. The van der Waals surface area contributed by atoms with Crippen molar-refractivity contribution in [3.63, 3.8) is 0 Å². The molecule has 0 fully saturated rings. The Hall–Kier alpha value is -4.52. The van der Waals surface area contributed by atoms with Gasteiger partial charge in [0.05, 0.1) is 39.9 Å². The van der Waals surface area contributed by atoms with Crippen molar-refractivity contribution >= 4 is 34.4 Å². The Morgan fingerprint density at radius 2 is 1.59 bits per heavy atom. The molecule has 0 aliphatic heterocycles. The van der Waals surface area contributed by atoms with Gasteiger partial charge in [0.15, 0.2) is 23.0 Å². The highest BCUT2D eigenvalue weighted by molar-refractivity contribution is 8.00. The topological polar surface area (TPSA) is 136 Å². The number of carbonyl (C=O) groups excluding carboxylic acids is 1. The molecule has 0 radical (unpaired) electrons. The van der Waals surface area contributed by atoms with Crippen molar-refractivity contribution < 1.29 is 23.7 Å². The van der Waals surface area contributed by atoms with Crippen LogP contribution in [0.25, 0.3) is 22.4 Å². The Morgan fingerprint density at radius 3 is 2.26 bits per heavy atom. The fourth-order valence-corrected chi connectivity index (χ4v) is 4.67. The zero-order valence-corrected chi connectivity index (χ0v) is 23.0. The molecule has 39 heavy (non-hydrogen) atoms. The van der Waals surface area contributed by atoms with E-state index in [2.05, 4.69) is 15.3 Å². The largest absolute Gasteiger partial charge is 0.497 e. The summed E-state index contributed by atoms with van der Waals surface area (Å²) in [4.78, 5) is 47.8. The monoisotopic (exact) mass is 553 g/mol. The van der Waals surface area contributed by atoms with Crippen LogP contribution in [0.5, 0.6) is 23.0 Å². The molecule has 0 saturated carbocycles. The number of rotatable bonds is 9. The summed E-state index contributed by atoms with van der Waals surface area (Å²) in [6, 6.07) is 10.1. The Kier molecular flexibility index (Phi) is 8.10. The zero-order chi connectivity index (χ0) is 28.3. The van der Waals surface area contributed by atoms with Gasteiger partial charge in [-0.2, -0.15) is 0 Å². The number of benzene rings is 2. The molecule has 204 valence electrons. The second-order valence-electron chi connectivity index (χ2n) is 8.23. The van der Waals surface area contributed by atoms with Crippen LogP contribution in [-0.4, -0.2) is 59.2 Å². The number of carbonyl (C=O) groups is 1. The highest BCUT2D eigenvalue weighted by Gasteiger charge is 2.20. The first kappa shape index (κ1) is 27.5. The van der Waals surface area contributed by atoms with Crippen molar-refractivity contribution in [3.8, 4) is 34.4 Å². The molecular formula is C26H27N5O7S. The number of aromatic nitrogens is 4. The smallest absolute Gasteiger partial charge is 0.332 e. The average molecular weight is 554 g/mol. The van der Waals surface area contributed by atoms with Gasteiger partial charge in [-0.05, 0) is 30.3 Å². The Labute approximate surface area is 227 Å². The predicted octanol–water partition coefficient (Wildman–Crippen LogP) is 2.46. The van der Waals surface area contributed by atoms with E-state index in [0.29, 0.717) is 34.2 Å². The molecule has 0 aliphatic rings. The van der Waals surface area contributed by atoms with Gasteiger partial charge in [0, 0.05) is 25.7 Å². The number of hydrogen-bond donors (Lipinski definition) is 1. The van der Waals surface area contributed by atoms with Crippen LogP contribution in [0.1, 0.15) is 0 Å². The van der Waals surface area contributed by atoms with Crippen LogP contribution in [0.2, 0.25) is 0 Å². The molecule has 12 nitrogen and oxygen atoms in total. The lowest BCUT2D eigenvalue weighted by Gasteiger charge is -2.14. The number of thioether (sulfide) groups is 1. The maximum Gasteiger partial charge on any atom is 0.332 e. The van der Waals surface area contributed by atoms with Crippen molar-refractivity contribution in [2.75, 3.05) is 39.5 Å². The van der Waals surface area contributed by atoms with Gasteiger partial charge in [0.25, 0.3) is 5.56 Å². The van der Waals surface area contributed by atoms with Gasteiger partial charge in [0.2, 0.25) is 5.91 Å².